The number of rotatable bonds is 9. The second-order valence-electron chi connectivity index (χ2n) is 7.98. The van der Waals surface area contributed by atoms with Crippen molar-refractivity contribution in [3.8, 4) is 0 Å². The number of thioether (sulfide) groups is 1. The number of hydrogen-bond acceptors (Lipinski definition) is 6. The fraction of sp³-hybridized carbons (Fsp3) is 0.280. The van der Waals surface area contributed by atoms with Crippen molar-refractivity contribution in [1.82, 2.24) is 25.0 Å². The Kier molecular flexibility index (Phi) is 8.44. The molecule has 1 saturated heterocycles. The topological polar surface area (TPSA) is 83.4 Å². The Morgan fingerprint density at radius 2 is 1.83 bits per heavy atom. The number of allylic oxidation sites excluding steroid dienone is 1. The third kappa shape index (κ3) is 6.43. The number of piperazine rings is 1. The summed E-state index contributed by atoms with van der Waals surface area (Å²) in [7, 11) is 0. The van der Waals surface area contributed by atoms with E-state index in [9.17, 15) is 9.59 Å². The SMILES string of the molecule is C=CCn1c(CNC(=O)c2cccc(Cl)c2)nnc1SCC(=O)N1CCN(c2ccccc2)CC1. The summed E-state index contributed by atoms with van der Waals surface area (Å²) >= 11 is 7.32. The van der Waals surface area contributed by atoms with Crippen molar-refractivity contribution in [3.63, 3.8) is 0 Å². The van der Waals surface area contributed by atoms with Gasteiger partial charge in [-0.2, -0.15) is 0 Å². The zero-order valence-electron chi connectivity index (χ0n) is 19.3. The van der Waals surface area contributed by atoms with Gasteiger partial charge in [-0.15, -0.1) is 16.8 Å². The molecule has 2 aromatic carbocycles. The first-order chi connectivity index (χ1) is 17.0. The van der Waals surface area contributed by atoms with E-state index in [1.165, 1.54) is 17.4 Å². The second-order valence-corrected chi connectivity index (χ2v) is 9.36. The highest BCUT2D eigenvalue weighted by Crippen LogP contribution is 2.20. The number of nitrogens with one attached hydrogen (secondary N) is 1. The molecule has 1 aliphatic heterocycles. The van der Waals surface area contributed by atoms with Gasteiger partial charge in [-0.3, -0.25) is 9.59 Å². The molecule has 0 bridgehead atoms. The normalized spacial score (nSPS) is 13.5. The molecule has 1 aromatic heterocycles. The maximum absolute atomic E-state index is 12.8. The van der Waals surface area contributed by atoms with Gasteiger partial charge in [-0.1, -0.05) is 53.7 Å². The minimum absolute atomic E-state index is 0.0756. The summed E-state index contributed by atoms with van der Waals surface area (Å²) in [5, 5.41) is 12.4. The van der Waals surface area contributed by atoms with Crippen molar-refractivity contribution in [1.29, 1.82) is 0 Å². The molecule has 4 rings (SSSR count). The molecule has 0 atom stereocenters. The van der Waals surface area contributed by atoms with Crippen LogP contribution in [0.5, 0.6) is 0 Å². The maximum Gasteiger partial charge on any atom is 0.251 e. The van der Waals surface area contributed by atoms with Crippen molar-refractivity contribution in [2.75, 3.05) is 36.8 Å². The lowest BCUT2D eigenvalue weighted by atomic mass is 10.2. The highest BCUT2D eigenvalue weighted by Gasteiger charge is 2.22. The number of hydrogen-bond donors (Lipinski definition) is 1. The van der Waals surface area contributed by atoms with E-state index in [1.54, 1.807) is 30.3 Å². The molecule has 8 nitrogen and oxygen atoms in total. The summed E-state index contributed by atoms with van der Waals surface area (Å²) < 4.78 is 1.86. The van der Waals surface area contributed by atoms with Crippen LogP contribution in [-0.2, 0) is 17.9 Å². The van der Waals surface area contributed by atoms with E-state index in [0.29, 0.717) is 41.2 Å². The van der Waals surface area contributed by atoms with Crippen LogP contribution in [-0.4, -0.2) is 63.4 Å². The Morgan fingerprint density at radius 1 is 1.06 bits per heavy atom. The van der Waals surface area contributed by atoms with Crippen molar-refractivity contribution in [2.45, 2.75) is 18.2 Å². The summed E-state index contributed by atoms with van der Waals surface area (Å²) in [5.74, 6) is 0.688. The Hall–Kier alpha value is -3.30. The fourth-order valence-corrected chi connectivity index (χ4v) is 4.89. The number of aromatic nitrogens is 3. The van der Waals surface area contributed by atoms with E-state index in [1.807, 2.05) is 27.7 Å². The zero-order chi connectivity index (χ0) is 24.6. The van der Waals surface area contributed by atoms with Crippen LogP contribution in [0, 0.1) is 0 Å². The molecule has 0 radical (unpaired) electrons. The van der Waals surface area contributed by atoms with Gasteiger partial charge in [0.2, 0.25) is 5.91 Å². The fourth-order valence-electron chi connectivity index (χ4n) is 3.83. The minimum Gasteiger partial charge on any atom is -0.368 e. The van der Waals surface area contributed by atoms with Crippen LogP contribution in [0.4, 0.5) is 5.69 Å². The summed E-state index contributed by atoms with van der Waals surface area (Å²) in [5.41, 5.74) is 1.65. The molecule has 3 aromatic rings. The van der Waals surface area contributed by atoms with E-state index in [2.05, 4.69) is 39.1 Å². The zero-order valence-corrected chi connectivity index (χ0v) is 20.8. The number of nitrogens with zero attached hydrogens (tertiary/aromatic N) is 5. The van der Waals surface area contributed by atoms with Gasteiger partial charge >= 0.3 is 0 Å². The van der Waals surface area contributed by atoms with Gasteiger partial charge in [0.05, 0.1) is 12.3 Å². The van der Waals surface area contributed by atoms with E-state index >= 15 is 0 Å². The molecule has 2 heterocycles. The predicted octanol–water partition coefficient (Wildman–Crippen LogP) is 3.49. The molecule has 0 unspecified atom stereocenters. The average Bonchev–Trinajstić information content (AvgIpc) is 3.28. The monoisotopic (exact) mass is 510 g/mol. The predicted molar refractivity (Wildman–Crippen MR) is 139 cm³/mol. The molecule has 1 N–H and O–H groups in total. The molecule has 0 spiro atoms. The van der Waals surface area contributed by atoms with Crippen LogP contribution in [0.3, 0.4) is 0 Å². The highest BCUT2D eigenvalue weighted by molar-refractivity contribution is 7.99. The summed E-state index contributed by atoms with van der Waals surface area (Å²) in [6, 6.07) is 17.0. The molecule has 0 saturated carbocycles. The number of carbonyl (C=O) groups is 2. The molecule has 1 fully saturated rings. The molecule has 35 heavy (non-hydrogen) atoms. The van der Waals surface area contributed by atoms with Gasteiger partial charge in [-0.25, -0.2) is 0 Å². The third-order valence-electron chi connectivity index (χ3n) is 5.68. The smallest absolute Gasteiger partial charge is 0.251 e. The molecule has 1 aliphatic rings. The summed E-state index contributed by atoms with van der Waals surface area (Å²) in [4.78, 5) is 29.5. The van der Waals surface area contributed by atoms with E-state index in [0.717, 1.165) is 13.1 Å². The van der Waals surface area contributed by atoms with Crippen molar-refractivity contribution in [3.05, 3.63) is 83.7 Å². The number of anilines is 1. The van der Waals surface area contributed by atoms with Gasteiger partial charge in [0.15, 0.2) is 11.0 Å². The van der Waals surface area contributed by atoms with Crippen LogP contribution in [0.15, 0.2) is 72.4 Å². The Labute approximate surface area is 214 Å². The first kappa shape index (κ1) is 24.8. The largest absolute Gasteiger partial charge is 0.368 e. The van der Waals surface area contributed by atoms with Crippen LogP contribution >= 0.6 is 23.4 Å². The quantitative estimate of drug-likeness (QED) is 0.350. The number of amides is 2. The van der Waals surface area contributed by atoms with Gasteiger partial charge in [0, 0.05) is 49.0 Å². The van der Waals surface area contributed by atoms with Crippen LogP contribution in [0.1, 0.15) is 16.2 Å². The van der Waals surface area contributed by atoms with E-state index < -0.39 is 0 Å². The van der Waals surface area contributed by atoms with Crippen molar-refractivity contribution < 1.29 is 9.59 Å². The van der Waals surface area contributed by atoms with E-state index in [-0.39, 0.29) is 24.1 Å². The Bertz CT molecular complexity index is 1180. The average molecular weight is 511 g/mol. The molecule has 0 aliphatic carbocycles. The summed E-state index contributed by atoms with van der Waals surface area (Å²) in [6.07, 6.45) is 1.74. The number of carbonyl (C=O) groups excluding carboxylic acids is 2. The molecule has 10 heteroatoms. The van der Waals surface area contributed by atoms with Crippen LogP contribution in [0.25, 0.3) is 0 Å². The highest BCUT2D eigenvalue weighted by atomic mass is 35.5. The summed E-state index contributed by atoms with van der Waals surface area (Å²) in [6.45, 7) is 7.47. The maximum atomic E-state index is 12.8. The Balaban J connectivity index is 1.31. The number of benzene rings is 2. The lowest BCUT2D eigenvalue weighted by Gasteiger charge is -2.36. The lowest BCUT2D eigenvalue weighted by molar-refractivity contribution is -0.128. The van der Waals surface area contributed by atoms with Gasteiger partial charge in [0.25, 0.3) is 5.91 Å². The Morgan fingerprint density at radius 3 is 2.54 bits per heavy atom. The third-order valence-corrected chi connectivity index (χ3v) is 6.86. The molecular formula is C25H27ClN6O2S. The van der Waals surface area contributed by atoms with Gasteiger partial charge in [-0.05, 0) is 30.3 Å². The first-order valence-corrected chi connectivity index (χ1v) is 12.7. The first-order valence-electron chi connectivity index (χ1n) is 11.3. The number of para-hydroxylation sites is 1. The molecular weight excluding hydrogens is 484 g/mol. The second kappa shape index (κ2) is 11.9. The molecule has 2 amide bonds. The van der Waals surface area contributed by atoms with E-state index in [4.69, 9.17) is 11.6 Å². The number of halogens is 1. The standard InChI is InChI=1S/C25H27ClN6O2S/c1-2-11-32-22(17-27-24(34)19-7-6-8-20(26)16-19)28-29-25(32)35-18-23(33)31-14-12-30(13-15-31)21-9-4-3-5-10-21/h2-10,16H,1,11-15,17-18H2,(H,27,34). The molecule has 182 valence electrons. The van der Waals surface area contributed by atoms with Gasteiger partial charge < -0.3 is 19.7 Å². The van der Waals surface area contributed by atoms with Crippen LogP contribution in [0.2, 0.25) is 5.02 Å². The van der Waals surface area contributed by atoms with Crippen LogP contribution < -0.4 is 10.2 Å². The van der Waals surface area contributed by atoms with Gasteiger partial charge in [0.1, 0.15) is 0 Å². The lowest BCUT2D eigenvalue weighted by Crippen LogP contribution is -2.49. The minimum atomic E-state index is -0.250. The van der Waals surface area contributed by atoms with Crippen molar-refractivity contribution >= 4 is 40.9 Å². The van der Waals surface area contributed by atoms with Crippen molar-refractivity contribution in [2.24, 2.45) is 0 Å².